The van der Waals surface area contributed by atoms with Crippen LogP contribution in [-0.2, 0) is 0 Å². The summed E-state index contributed by atoms with van der Waals surface area (Å²) in [5.41, 5.74) is 4.17. The zero-order chi connectivity index (χ0) is 13.7. The van der Waals surface area contributed by atoms with Crippen LogP contribution in [0.15, 0.2) is 29.4 Å². The van der Waals surface area contributed by atoms with Gasteiger partial charge in [0.15, 0.2) is 0 Å². The van der Waals surface area contributed by atoms with E-state index in [4.69, 9.17) is 5.11 Å². The molecule has 0 unspecified atom stereocenters. The molecule has 0 atom stereocenters. The maximum atomic E-state index is 11.8. The second-order valence-electron chi connectivity index (χ2n) is 5.02. The SMILES string of the molecule is CCC1CCC(=NNC(=O)c2ccc(O)cc2)CC1. The van der Waals surface area contributed by atoms with Crippen LogP contribution in [0.5, 0.6) is 5.75 Å². The number of nitrogens with one attached hydrogen (secondary N) is 1. The Balaban J connectivity index is 1.88. The lowest BCUT2D eigenvalue weighted by atomic mass is 9.86. The minimum atomic E-state index is -0.231. The summed E-state index contributed by atoms with van der Waals surface area (Å²) < 4.78 is 0. The molecule has 0 spiro atoms. The summed E-state index contributed by atoms with van der Waals surface area (Å²) in [5, 5.41) is 13.4. The minimum Gasteiger partial charge on any atom is -0.508 e. The van der Waals surface area contributed by atoms with Gasteiger partial charge in [0.2, 0.25) is 0 Å². The normalized spacial score (nSPS) is 19.0. The molecule has 0 heterocycles. The Morgan fingerprint density at radius 3 is 2.53 bits per heavy atom. The average molecular weight is 260 g/mol. The molecule has 2 N–H and O–H groups in total. The lowest BCUT2D eigenvalue weighted by molar-refractivity contribution is 0.0954. The van der Waals surface area contributed by atoms with E-state index >= 15 is 0 Å². The molecule has 0 radical (unpaired) electrons. The number of hydrogen-bond acceptors (Lipinski definition) is 3. The van der Waals surface area contributed by atoms with Gasteiger partial charge in [0.05, 0.1) is 0 Å². The molecular formula is C15H20N2O2. The van der Waals surface area contributed by atoms with Crippen molar-refractivity contribution in [3.8, 4) is 5.75 Å². The molecule has 1 saturated carbocycles. The van der Waals surface area contributed by atoms with E-state index in [0.717, 1.165) is 24.5 Å². The first-order valence-electron chi connectivity index (χ1n) is 6.84. The summed E-state index contributed by atoms with van der Waals surface area (Å²) >= 11 is 0. The van der Waals surface area contributed by atoms with Crippen molar-refractivity contribution in [1.82, 2.24) is 5.43 Å². The quantitative estimate of drug-likeness (QED) is 0.820. The van der Waals surface area contributed by atoms with Crippen molar-refractivity contribution in [2.75, 3.05) is 0 Å². The van der Waals surface area contributed by atoms with Gasteiger partial charge in [-0.2, -0.15) is 5.10 Å². The van der Waals surface area contributed by atoms with Crippen LogP contribution in [0.3, 0.4) is 0 Å². The molecule has 1 aliphatic rings. The monoisotopic (exact) mass is 260 g/mol. The lowest BCUT2D eigenvalue weighted by Crippen LogP contribution is -2.22. The van der Waals surface area contributed by atoms with Crippen molar-refractivity contribution < 1.29 is 9.90 Å². The maximum Gasteiger partial charge on any atom is 0.271 e. The van der Waals surface area contributed by atoms with Crippen molar-refractivity contribution >= 4 is 11.6 Å². The average Bonchev–Trinajstić information content (AvgIpc) is 2.46. The largest absolute Gasteiger partial charge is 0.508 e. The van der Waals surface area contributed by atoms with E-state index in [1.807, 2.05) is 0 Å². The van der Waals surface area contributed by atoms with Crippen LogP contribution in [0.4, 0.5) is 0 Å². The van der Waals surface area contributed by atoms with Crippen molar-refractivity contribution in [2.24, 2.45) is 11.0 Å². The molecule has 0 aliphatic heterocycles. The van der Waals surface area contributed by atoms with Crippen molar-refractivity contribution in [2.45, 2.75) is 39.0 Å². The fourth-order valence-corrected chi connectivity index (χ4v) is 2.34. The molecule has 4 nitrogen and oxygen atoms in total. The van der Waals surface area contributed by atoms with Gasteiger partial charge in [0.1, 0.15) is 5.75 Å². The van der Waals surface area contributed by atoms with Crippen LogP contribution in [0.1, 0.15) is 49.4 Å². The first-order valence-corrected chi connectivity index (χ1v) is 6.84. The summed E-state index contributed by atoms with van der Waals surface area (Å²) in [6.07, 6.45) is 5.53. The third-order valence-electron chi connectivity index (χ3n) is 3.70. The molecule has 0 aromatic heterocycles. The summed E-state index contributed by atoms with van der Waals surface area (Å²) in [6.45, 7) is 2.22. The van der Waals surface area contributed by atoms with Gasteiger partial charge in [-0.1, -0.05) is 13.3 Å². The number of amides is 1. The van der Waals surface area contributed by atoms with Crippen LogP contribution >= 0.6 is 0 Å². The van der Waals surface area contributed by atoms with Crippen LogP contribution in [-0.4, -0.2) is 16.7 Å². The van der Waals surface area contributed by atoms with E-state index in [0.29, 0.717) is 5.56 Å². The highest BCUT2D eigenvalue weighted by Gasteiger charge is 2.16. The van der Waals surface area contributed by atoms with Gasteiger partial charge >= 0.3 is 0 Å². The molecule has 102 valence electrons. The Morgan fingerprint density at radius 2 is 1.95 bits per heavy atom. The molecule has 1 amide bonds. The van der Waals surface area contributed by atoms with Crippen molar-refractivity contribution in [1.29, 1.82) is 0 Å². The Morgan fingerprint density at radius 1 is 1.32 bits per heavy atom. The fraction of sp³-hybridized carbons (Fsp3) is 0.467. The Labute approximate surface area is 113 Å². The topological polar surface area (TPSA) is 61.7 Å². The highest BCUT2D eigenvalue weighted by atomic mass is 16.3. The number of phenols is 1. The molecule has 1 aromatic rings. The first kappa shape index (κ1) is 13.6. The summed E-state index contributed by atoms with van der Waals surface area (Å²) in [4.78, 5) is 11.8. The third-order valence-corrected chi connectivity index (χ3v) is 3.70. The Kier molecular flexibility index (Phi) is 4.55. The number of carbonyl (C=O) groups is 1. The molecule has 1 aliphatic carbocycles. The number of nitrogens with zero attached hydrogens (tertiary/aromatic N) is 1. The number of aromatic hydroxyl groups is 1. The zero-order valence-corrected chi connectivity index (χ0v) is 11.2. The predicted octanol–water partition coefficient (Wildman–Crippen LogP) is 3.08. The van der Waals surface area contributed by atoms with E-state index < -0.39 is 0 Å². The summed E-state index contributed by atoms with van der Waals surface area (Å²) in [6, 6.07) is 6.15. The molecule has 2 rings (SSSR count). The van der Waals surface area contributed by atoms with Gasteiger partial charge in [-0.15, -0.1) is 0 Å². The van der Waals surface area contributed by atoms with Gasteiger partial charge in [-0.3, -0.25) is 4.79 Å². The standard InChI is InChI=1S/C15H20N2O2/c1-2-11-3-7-13(8-4-11)16-17-15(19)12-5-9-14(18)10-6-12/h5-6,9-11,18H,2-4,7-8H2,1H3,(H,17,19). The van der Waals surface area contributed by atoms with E-state index in [-0.39, 0.29) is 11.7 Å². The smallest absolute Gasteiger partial charge is 0.271 e. The number of carbonyl (C=O) groups excluding carboxylic acids is 1. The van der Waals surface area contributed by atoms with E-state index in [9.17, 15) is 4.79 Å². The lowest BCUT2D eigenvalue weighted by Gasteiger charge is -2.21. The van der Waals surface area contributed by atoms with Crippen molar-refractivity contribution in [3.63, 3.8) is 0 Å². The summed E-state index contributed by atoms with van der Waals surface area (Å²) in [7, 11) is 0. The van der Waals surface area contributed by atoms with Gasteiger partial charge in [0, 0.05) is 11.3 Å². The first-order chi connectivity index (χ1) is 9.19. The van der Waals surface area contributed by atoms with Crippen molar-refractivity contribution in [3.05, 3.63) is 29.8 Å². The molecule has 1 fully saturated rings. The Bertz CT molecular complexity index is 456. The number of hydrazone groups is 1. The maximum absolute atomic E-state index is 11.8. The molecule has 0 saturated heterocycles. The summed E-state index contributed by atoms with van der Waals surface area (Å²) in [5.74, 6) is 0.734. The van der Waals surface area contributed by atoms with Gasteiger partial charge in [-0.05, 0) is 55.9 Å². The van der Waals surface area contributed by atoms with Crippen LogP contribution < -0.4 is 5.43 Å². The highest BCUT2D eigenvalue weighted by molar-refractivity contribution is 5.95. The molecular weight excluding hydrogens is 240 g/mol. The predicted molar refractivity (Wildman–Crippen MR) is 75.3 cm³/mol. The Hall–Kier alpha value is -1.84. The van der Waals surface area contributed by atoms with Gasteiger partial charge in [-0.25, -0.2) is 5.43 Å². The fourth-order valence-electron chi connectivity index (χ4n) is 2.34. The number of rotatable bonds is 3. The highest BCUT2D eigenvalue weighted by Crippen LogP contribution is 2.24. The van der Waals surface area contributed by atoms with Crippen LogP contribution in [0.2, 0.25) is 0 Å². The van der Waals surface area contributed by atoms with Gasteiger partial charge in [0.25, 0.3) is 5.91 Å². The molecule has 4 heteroatoms. The van der Waals surface area contributed by atoms with Crippen LogP contribution in [0.25, 0.3) is 0 Å². The molecule has 1 aromatic carbocycles. The molecule has 0 bridgehead atoms. The van der Waals surface area contributed by atoms with E-state index in [2.05, 4.69) is 17.5 Å². The number of phenolic OH excluding ortho intramolecular Hbond substituents is 1. The second-order valence-corrected chi connectivity index (χ2v) is 5.02. The zero-order valence-electron chi connectivity index (χ0n) is 11.2. The third kappa shape index (κ3) is 3.81. The number of hydrogen-bond donors (Lipinski definition) is 2. The van der Waals surface area contributed by atoms with E-state index in [1.165, 1.54) is 31.4 Å². The van der Waals surface area contributed by atoms with Crippen LogP contribution in [0, 0.1) is 5.92 Å². The second kappa shape index (κ2) is 6.36. The minimum absolute atomic E-state index is 0.153. The van der Waals surface area contributed by atoms with E-state index in [1.54, 1.807) is 12.1 Å². The van der Waals surface area contributed by atoms with Gasteiger partial charge < -0.3 is 5.11 Å². The molecule has 19 heavy (non-hydrogen) atoms. The number of benzene rings is 1.